The molecular weight excluding hydrogens is 239 g/mol. The van der Waals surface area contributed by atoms with E-state index in [-0.39, 0.29) is 11.9 Å². The van der Waals surface area contributed by atoms with Crippen molar-refractivity contribution in [1.82, 2.24) is 4.90 Å². The lowest BCUT2D eigenvalue weighted by Crippen LogP contribution is -2.38. The zero-order valence-corrected chi connectivity index (χ0v) is 11.6. The average molecular weight is 262 g/mol. The fourth-order valence-corrected chi connectivity index (χ4v) is 3.88. The largest absolute Gasteiger partial charge is 0.327 e. The van der Waals surface area contributed by atoms with Crippen molar-refractivity contribution in [3.63, 3.8) is 0 Å². The molecule has 2 N–H and O–H groups in total. The minimum absolute atomic E-state index is 0.0887. The molecular formula is C16H23FN2. The molecule has 2 aliphatic rings. The monoisotopic (exact) mass is 262 g/mol. The number of halogens is 1. The van der Waals surface area contributed by atoms with Crippen molar-refractivity contribution in [3.8, 4) is 0 Å². The molecule has 1 saturated heterocycles. The Hall–Kier alpha value is -0.930. The molecule has 104 valence electrons. The van der Waals surface area contributed by atoms with Gasteiger partial charge in [-0.1, -0.05) is 24.6 Å². The highest BCUT2D eigenvalue weighted by Crippen LogP contribution is 2.39. The quantitative estimate of drug-likeness (QED) is 0.888. The summed E-state index contributed by atoms with van der Waals surface area (Å²) in [6.07, 6.45) is 3.70. The van der Waals surface area contributed by atoms with Crippen LogP contribution in [0.1, 0.15) is 37.8 Å². The summed E-state index contributed by atoms with van der Waals surface area (Å²) in [7, 11) is 0. The maximum atomic E-state index is 13.9. The summed E-state index contributed by atoms with van der Waals surface area (Å²) in [5.74, 6) is 1.25. The fourth-order valence-electron chi connectivity index (χ4n) is 3.88. The molecule has 0 spiro atoms. The number of hydrogen-bond donors (Lipinski definition) is 1. The van der Waals surface area contributed by atoms with Gasteiger partial charge in [0.25, 0.3) is 0 Å². The van der Waals surface area contributed by atoms with Crippen LogP contribution in [0.3, 0.4) is 0 Å². The molecule has 1 aliphatic carbocycles. The summed E-state index contributed by atoms with van der Waals surface area (Å²) >= 11 is 0. The van der Waals surface area contributed by atoms with Crippen LogP contribution in [0.25, 0.3) is 0 Å². The van der Waals surface area contributed by atoms with E-state index in [9.17, 15) is 4.39 Å². The van der Waals surface area contributed by atoms with Crippen LogP contribution in [0.15, 0.2) is 24.3 Å². The van der Waals surface area contributed by atoms with Crippen LogP contribution < -0.4 is 5.73 Å². The second-order valence-electron chi connectivity index (χ2n) is 6.17. The second kappa shape index (κ2) is 5.22. The first-order valence-corrected chi connectivity index (χ1v) is 7.41. The van der Waals surface area contributed by atoms with Crippen LogP contribution in [0, 0.1) is 17.7 Å². The topological polar surface area (TPSA) is 29.3 Å². The normalized spacial score (nSPS) is 33.1. The summed E-state index contributed by atoms with van der Waals surface area (Å²) in [5, 5.41) is 0. The number of likely N-dealkylation sites (tertiary alicyclic amines) is 1. The van der Waals surface area contributed by atoms with E-state index in [2.05, 4.69) is 11.8 Å². The van der Waals surface area contributed by atoms with Crippen LogP contribution >= 0.6 is 0 Å². The lowest BCUT2D eigenvalue weighted by Gasteiger charge is -2.30. The number of fused-ring (bicyclic) bond motifs is 1. The standard InChI is InChI=1S/C16H23FN2/c1-11(13-6-2-3-7-15(13)17)19-9-12-5-4-8-16(18)14(12)10-19/h2-3,6-7,11-12,14,16H,4-5,8-10,18H2,1H3. The van der Waals surface area contributed by atoms with Gasteiger partial charge < -0.3 is 5.73 Å². The van der Waals surface area contributed by atoms with Crippen molar-refractivity contribution < 1.29 is 4.39 Å². The predicted octanol–water partition coefficient (Wildman–Crippen LogP) is 2.95. The van der Waals surface area contributed by atoms with E-state index in [1.54, 1.807) is 12.1 Å². The Morgan fingerprint density at radius 2 is 2.05 bits per heavy atom. The third-order valence-electron chi connectivity index (χ3n) is 5.09. The molecule has 1 aromatic rings. The molecule has 0 aromatic heterocycles. The zero-order chi connectivity index (χ0) is 13.4. The smallest absolute Gasteiger partial charge is 0.127 e. The number of hydrogen-bond acceptors (Lipinski definition) is 2. The molecule has 1 aliphatic heterocycles. The van der Waals surface area contributed by atoms with E-state index in [0.29, 0.717) is 12.0 Å². The highest BCUT2D eigenvalue weighted by Gasteiger charge is 2.40. The third-order valence-corrected chi connectivity index (χ3v) is 5.09. The van der Waals surface area contributed by atoms with Gasteiger partial charge in [0.15, 0.2) is 0 Å². The molecule has 4 unspecified atom stereocenters. The highest BCUT2D eigenvalue weighted by atomic mass is 19.1. The lowest BCUT2D eigenvalue weighted by molar-refractivity contribution is 0.241. The van der Waals surface area contributed by atoms with E-state index in [0.717, 1.165) is 31.0 Å². The summed E-state index contributed by atoms with van der Waals surface area (Å²) < 4.78 is 13.9. The molecule has 3 heteroatoms. The van der Waals surface area contributed by atoms with Gasteiger partial charge in [-0.3, -0.25) is 4.90 Å². The number of nitrogens with two attached hydrogens (primary N) is 1. The molecule has 0 bridgehead atoms. The van der Waals surface area contributed by atoms with Gasteiger partial charge in [0.1, 0.15) is 5.82 Å². The van der Waals surface area contributed by atoms with Crippen LogP contribution in [0.2, 0.25) is 0 Å². The van der Waals surface area contributed by atoms with Gasteiger partial charge in [-0.05, 0) is 37.7 Å². The molecule has 4 atom stereocenters. The first kappa shape index (κ1) is 13.1. The Morgan fingerprint density at radius 1 is 1.26 bits per heavy atom. The van der Waals surface area contributed by atoms with Crippen molar-refractivity contribution in [2.75, 3.05) is 13.1 Å². The molecule has 3 rings (SSSR count). The summed E-state index contributed by atoms with van der Waals surface area (Å²) in [5.41, 5.74) is 7.06. The Morgan fingerprint density at radius 3 is 2.79 bits per heavy atom. The van der Waals surface area contributed by atoms with Crippen molar-refractivity contribution in [3.05, 3.63) is 35.6 Å². The van der Waals surface area contributed by atoms with E-state index in [4.69, 9.17) is 5.73 Å². The van der Waals surface area contributed by atoms with E-state index >= 15 is 0 Å². The minimum atomic E-state index is -0.0887. The maximum absolute atomic E-state index is 13.9. The van der Waals surface area contributed by atoms with Crippen LogP contribution in [-0.4, -0.2) is 24.0 Å². The Labute approximate surface area is 114 Å². The van der Waals surface area contributed by atoms with Gasteiger partial charge >= 0.3 is 0 Å². The zero-order valence-electron chi connectivity index (χ0n) is 11.6. The van der Waals surface area contributed by atoms with Crippen molar-refractivity contribution in [1.29, 1.82) is 0 Å². The summed E-state index contributed by atoms with van der Waals surface area (Å²) in [6.45, 7) is 4.22. The SMILES string of the molecule is CC(c1ccccc1F)N1CC2CCCC(N)C2C1. The molecule has 0 amide bonds. The van der Waals surface area contributed by atoms with Crippen molar-refractivity contribution in [2.24, 2.45) is 17.6 Å². The van der Waals surface area contributed by atoms with Crippen molar-refractivity contribution in [2.45, 2.75) is 38.3 Å². The van der Waals surface area contributed by atoms with Crippen LogP contribution in [0.5, 0.6) is 0 Å². The number of benzene rings is 1. The Balaban J connectivity index is 1.75. The van der Waals surface area contributed by atoms with Crippen LogP contribution in [-0.2, 0) is 0 Å². The third kappa shape index (κ3) is 2.41. The maximum Gasteiger partial charge on any atom is 0.127 e. The Kier molecular flexibility index (Phi) is 3.59. The van der Waals surface area contributed by atoms with Gasteiger partial charge in [0, 0.05) is 30.7 Å². The molecule has 2 nitrogen and oxygen atoms in total. The van der Waals surface area contributed by atoms with Crippen LogP contribution in [0.4, 0.5) is 4.39 Å². The fraction of sp³-hybridized carbons (Fsp3) is 0.625. The van der Waals surface area contributed by atoms with Gasteiger partial charge in [0.2, 0.25) is 0 Å². The predicted molar refractivity (Wildman–Crippen MR) is 75.2 cm³/mol. The van der Waals surface area contributed by atoms with Gasteiger partial charge in [-0.25, -0.2) is 4.39 Å². The first-order valence-electron chi connectivity index (χ1n) is 7.41. The molecule has 1 heterocycles. The van der Waals surface area contributed by atoms with Gasteiger partial charge in [-0.15, -0.1) is 0 Å². The second-order valence-corrected chi connectivity index (χ2v) is 6.17. The molecule has 1 saturated carbocycles. The molecule has 0 radical (unpaired) electrons. The lowest BCUT2D eigenvalue weighted by atomic mass is 9.78. The minimum Gasteiger partial charge on any atom is -0.327 e. The van der Waals surface area contributed by atoms with E-state index in [1.807, 2.05) is 12.1 Å². The van der Waals surface area contributed by atoms with E-state index in [1.165, 1.54) is 12.8 Å². The molecule has 1 aromatic carbocycles. The van der Waals surface area contributed by atoms with Crippen molar-refractivity contribution >= 4 is 0 Å². The van der Waals surface area contributed by atoms with E-state index < -0.39 is 0 Å². The summed E-state index contributed by atoms with van der Waals surface area (Å²) in [6, 6.07) is 7.63. The average Bonchev–Trinajstić information content (AvgIpc) is 2.84. The molecule has 19 heavy (non-hydrogen) atoms. The number of rotatable bonds is 2. The number of nitrogens with zero attached hydrogens (tertiary/aromatic N) is 1. The summed E-state index contributed by atoms with van der Waals surface area (Å²) in [4.78, 5) is 2.42. The first-order chi connectivity index (χ1) is 9.16. The Bertz CT molecular complexity index is 448. The molecule has 2 fully saturated rings. The van der Waals surface area contributed by atoms with Gasteiger partial charge in [0.05, 0.1) is 0 Å². The highest BCUT2D eigenvalue weighted by molar-refractivity contribution is 5.21. The van der Waals surface area contributed by atoms with Gasteiger partial charge in [-0.2, -0.15) is 0 Å².